The highest BCUT2D eigenvalue weighted by molar-refractivity contribution is 7.91. The van der Waals surface area contributed by atoms with Crippen LogP contribution in [0.1, 0.15) is 31.9 Å². The Kier molecular flexibility index (Phi) is 8.57. The van der Waals surface area contributed by atoms with Gasteiger partial charge in [0.05, 0.1) is 11.9 Å². The molecule has 3 rings (SSSR count). The zero-order valence-corrected chi connectivity index (χ0v) is 21.0. The fraction of sp³-hybridized carbons (Fsp3) is 0.250. The Morgan fingerprint density at radius 3 is 2.57 bits per heavy atom. The van der Waals surface area contributed by atoms with Crippen molar-refractivity contribution in [1.29, 1.82) is 5.26 Å². The summed E-state index contributed by atoms with van der Waals surface area (Å²) in [6.45, 7) is 5.63. The molecule has 0 aliphatic carbocycles. The van der Waals surface area contributed by atoms with E-state index in [0.717, 1.165) is 17.1 Å². The molecule has 0 fully saturated rings. The van der Waals surface area contributed by atoms with Crippen LogP contribution in [0.15, 0.2) is 59.3 Å². The minimum atomic E-state index is -3.67. The quantitative estimate of drug-likeness (QED) is 0.315. The standard InChI is InChI=1S/C24H24N4O5S2/c1-4-32-21-13-18(10-11-20(21)33-15-17-8-6-5-7-9-17)12-19(14-25)22(29)26-23-27-24(28-34-23)35(30,31)16(2)3/h5-13,16H,4,15H2,1-3H3,(H,26,27,28,29). The number of aromatic nitrogens is 2. The second-order valence-corrected chi connectivity index (χ2v) is 10.7. The molecule has 182 valence electrons. The lowest BCUT2D eigenvalue weighted by atomic mass is 10.1. The zero-order chi connectivity index (χ0) is 25.4. The summed E-state index contributed by atoms with van der Waals surface area (Å²) in [6, 6.07) is 16.6. The lowest BCUT2D eigenvalue weighted by Crippen LogP contribution is -2.16. The molecule has 0 saturated heterocycles. The molecule has 0 aliphatic heterocycles. The Balaban J connectivity index is 1.77. The fourth-order valence-corrected chi connectivity index (χ4v) is 4.50. The molecule has 0 bridgehead atoms. The van der Waals surface area contributed by atoms with E-state index in [0.29, 0.717) is 30.3 Å². The van der Waals surface area contributed by atoms with E-state index in [2.05, 4.69) is 14.7 Å². The SMILES string of the molecule is CCOc1cc(C=C(C#N)C(=O)Nc2nc(S(=O)(=O)C(C)C)ns2)ccc1OCc1ccccc1. The van der Waals surface area contributed by atoms with Crippen LogP contribution in [0.2, 0.25) is 0 Å². The predicted molar refractivity (Wildman–Crippen MR) is 133 cm³/mol. The minimum absolute atomic E-state index is 0.0185. The molecule has 0 aliphatic rings. The van der Waals surface area contributed by atoms with Crippen molar-refractivity contribution in [1.82, 2.24) is 9.36 Å². The highest BCUT2D eigenvalue weighted by atomic mass is 32.2. The van der Waals surface area contributed by atoms with E-state index in [1.165, 1.54) is 19.9 Å². The van der Waals surface area contributed by atoms with Gasteiger partial charge in [0.1, 0.15) is 18.2 Å². The molecule has 9 nitrogen and oxygen atoms in total. The van der Waals surface area contributed by atoms with E-state index < -0.39 is 21.0 Å². The topological polar surface area (TPSA) is 131 Å². The van der Waals surface area contributed by atoms with Crippen molar-refractivity contribution in [3.05, 3.63) is 65.2 Å². The molecule has 0 saturated carbocycles. The summed E-state index contributed by atoms with van der Waals surface area (Å²) in [5.74, 6) is 0.269. The van der Waals surface area contributed by atoms with Gasteiger partial charge in [-0.1, -0.05) is 36.4 Å². The highest BCUT2D eigenvalue weighted by Gasteiger charge is 2.25. The molecule has 11 heteroatoms. The average Bonchev–Trinajstić information content (AvgIpc) is 3.32. The van der Waals surface area contributed by atoms with Crippen LogP contribution in [0.4, 0.5) is 5.13 Å². The fourth-order valence-electron chi connectivity index (χ4n) is 2.80. The molecule has 1 aromatic heterocycles. The van der Waals surface area contributed by atoms with Gasteiger partial charge in [-0.3, -0.25) is 10.1 Å². The number of nitriles is 1. The van der Waals surface area contributed by atoms with Crippen LogP contribution in [-0.4, -0.2) is 35.5 Å². The van der Waals surface area contributed by atoms with Crippen LogP contribution in [-0.2, 0) is 21.2 Å². The first-order valence-corrected chi connectivity index (χ1v) is 13.0. The van der Waals surface area contributed by atoms with Crippen LogP contribution < -0.4 is 14.8 Å². The number of amides is 1. The van der Waals surface area contributed by atoms with Crippen LogP contribution in [0.3, 0.4) is 0 Å². The normalized spacial score (nSPS) is 11.7. The Morgan fingerprint density at radius 1 is 1.17 bits per heavy atom. The summed E-state index contributed by atoms with van der Waals surface area (Å²) in [4.78, 5) is 16.5. The third kappa shape index (κ3) is 6.65. The number of hydrogen-bond donors (Lipinski definition) is 1. The van der Waals surface area contributed by atoms with Crippen molar-refractivity contribution < 1.29 is 22.7 Å². The summed E-state index contributed by atoms with van der Waals surface area (Å²) in [6.07, 6.45) is 1.39. The number of ether oxygens (including phenoxy) is 2. The largest absolute Gasteiger partial charge is 0.490 e. The first kappa shape index (κ1) is 25.9. The third-order valence-electron chi connectivity index (χ3n) is 4.68. The van der Waals surface area contributed by atoms with Gasteiger partial charge in [0.2, 0.25) is 15.0 Å². The van der Waals surface area contributed by atoms with Crippen molar-refractivity contribution in [3.8, 4) is 17.6 Å². The Labute approximate surface area is 208 Å². The number of nitrogens with zero attached hydrogens (tertiary/aromatic N) is 3. The van der Waals surface area contributed by atoms with Crippen molar-refractivity contribution >= 4 is 38.5 Å². The number of sulfone groups is 1. The van der Waals surface area contributed by atoms with E-state index >= 15 is 0 Å². The van der Waals surface area contributed by atoms with E-state index in [1.54, 1.807) is 18.2 Å². The van der Waals surface area contributed by atoms with Crippen LogP contribution >= 0.6 is 11.5 Å². The molecule has 2 aromatic carbocycles. The van der Waals surface area contributed by atoms with Crippen LogP contribution in [0.5, 0.6) is 11.5 Å². The van der Waals surface area contributed by atoms with Crippen LogP contribution in [0.25, 0.3) is 6.08 Å². The molecule has 35 heavy (non-hydrogen) atoms. The smallest absolute Gasteiger partial charge is 0.268 e. The van der Waals surface area contributed by atoms with Crippen molar-refractivity contribution in [2.45, 2.75) is 37.8 Å². The Bertz CT molecular complexity index is 1360. The van der Waals surface area contributed by atoms with Crippen molar-refractivity contribution in [2.24, 2.45) is 0 Å². The lowest BCUT2D eigenvalue weighted by Gasteiger charge is -2.13. The van der Waals surface area contributed by atoms with Crippen LogP contribution in [0, 0.1) is 11.3 Å². The molecule has 0 spiro atoms. The predicted octanol–water partition coefficient (Wildman–Crippen LogP) is 4.24. The molecule has 1 heterocycles. The maximum Gasteiger partial charge on any atom is 0.268 e. The van der Waals surface area contributed by atoms with Gasteiger partial charge in [-0.05, 0) is 50.1 Å². The molecular weight excluding hydrogens is 488 g/mol. The average molecular weight is 513 g/mol. The first-order valence-electron chi connectivity index (χ1n) is 10.7. The molecule has 0 atom stereocenters. The van der Waals surface area contributed by atoms with E-state index in [4.69, 9.17) is 9.47 Å². The van der Waals surface area contributed by atoms with Gasteiger partial charge in [0.15, 0.2) is 11.5 Å². The lowest BCUT2D eigenvalue weighted by molar-refractivity contribution is -0.112. The first-order chi connectivity index (χ1) is 16.7. The van der Waals surface area contributed by atoms with E-state index in [-0.39, 0.29) is 15.9 Å². The zero-order valence-electron chi connectivity index (χ0n) is 19.4. The maximum atomic E-state index is 12.6. The molecule has 1 N–H and O–H groups in total. The van der Waals surface area contributed by atoms with Gasteiger partial charge in [0, 0.05) is 11.5 Å². The second kappa shape index (κ2) is 11.6. The highest BCUT2D eigenvalue weighted by Crippen LogP contribution is 2.30. The van der Waals surface area contributed by atoms with Gasteiger partial charge >= 0.3 is 0 Å². The maximum absolute atomic E-state index is 12.6. The minimum Gasteiger partial charge on any atom is -0.490 e. The molecular formula is C24H24N4O5S2. The number of benzene rings is 2. The summed E-state index contributed by atoms with van der Waals surface area (Å²) >= 11 is 0.726. The number of carbonyl (C=O) groups is 1. The number of carbonyl (C=O) groups excluding carboxylic acids is 1. The summed E-state index contributed by atoms with van der Waals surface area (Å²) in [5, 5.41) is 10.9. The van der Waals surface area contributed by atoms with Gasteiger partial charge < -0.3 is 9.47 Å². The number of hydrogen-bond acceptors (Lipinski definition) is 9. The molecule has 1 amide bonds. The van der Waals surface area contributed by atoms with Gasteiger partial charge in [-0.15, -0.1) is 0 Å². The van der Waals surface area contributed by atoms with E-state index in [1.807, 2.05) is 43.3 Å². The molecule has 0 unspecified atom stereocenters. The number of rotatable bonds is 10. The summed E-state index contributed by atoms with van der Waals surface area (Å²) in [7, 11) is -3.67. The Morgan fingerprint density at radius 2 is 1.91 bits per heavy atom. The van der Waals surface area contributed by atoms with E-state index in [9.17, 15) is 18.5 Å². The molecule has 0 radical (unpaired) electrons. The third-order valence-corrected chi connectivity index (χ3v) is 7.36. The monoisotopic (exact) mass is 512 g/mol. The van der Waals surface area contributed by atoms with Gasteiger partial charge in [-0.25, -0.2) is 8.42 Å². The Hall–Kier alpha value is -3.75. The summed E-state index contributed by atoms with van der Waals surface area (Å²) in [5.41, 5.74) is 1.35. The van der Waals surface area contributed by atoms with Gasteiger partial charge in [-0.2, -0.15) is 14.6 Å². The van der Waals surface area contributed by atoms with Crippen molar-refractivity contribution in [2.75, 3.05) is 11.9 Å². The van der Waals surface area contributed by atoms with Crippen molar-refractivity contribution in [3.63, 3.8) is 0 Å². The molecule has 3 aromatic rings. The summed E-state index contributed by atoms with van der Waals surface area (Å²) < 4.78 is 39.7. The second-order valence-electron chi connectivity index (χ2n) is 7.51. The number of anilines is 1. The number of nitrogens with one attached hydrogen (secondary N) is 1. The van der Waals surface area contributed by atoms with Gasteiger partial charge in [0.25, 0.3) is 11.1 Å².